The molecule has 0 spiro atoms. The van der Waals surface area contributed by atoms with Gasteiger partial charge in [0.25, 0.3) is 0 Å². The van der Waals surface area contributed by atoms with Gasteiger partial charge in [-0.15, -0.1) is 0 Å². The van der Waals surface area contributed by atoms with Crippen LogP contribution in [0.5, 0.6) is 0 Å². The summed E-state index contributed by atoms with van der Waals surface area (Å²) in [6.07, 6.45) is 0. The van der Waals surface area contributed by atoms with Gasteiger partial charge in [-0.25, -0.2) is 8.42 Å². The zero-order chi connectivity index (χ0) is 18.3. The molecule has 2 aliphatic heterocycles. The Balaban J connectivity index is 1.61. The third-order valence-electron chi connectivity index (χ3n) is 4.68. The van der Waals surface area contributed by atoms with E-state index < -0.39 is 9.84 Å². The van der Waals surface area contributed by atoms with Crippen molar-refractivity contribution in [2.75, 3.05) is 16.4 Å². The summed E-state index contributed by atoms with van der Waals surface area (Å²) in [4.78, 5) is 6.86. The van der Waals surface area contributed by atoms with Crippen molar-refractivity contribution < 1.29 is 8.42 Å². The molecule has 26 heavy (non-hydrogen) atoms. The molecule has 0 aromatic heterocycles. The van der Waals surface area contributed by atoms with Crippen LogP contribution in [-0.2, 0) is 15.6 Å². The molecule has 1 saturated heterocycles. The molecule has 0 aliphatic carbocycles. The first-order chi connectivity index (χ1) is 12.4. The molecule has 0 saturated carbocycles. The van der Waals surface area contributed by atoms with Crippen LogP contribution in [0.25, 0.3) is 0 Å². The smallest absolute Gasteiger partial charge is 0.164 e. The van der Waals surface area contributed by atoms with E-state index in [0.717, 1.165) is 27.2 Å². The number of aliphatic imine (C=N–C) groups is 1. The maximum Gasteiger partial charge on any atom is 0.164 e. The van der Waals surface area contributed by atoms with Crippen LogP contribution in [0.2, 0.25) is 5.02 Å². The number of aryl methyl sites for hydroxylation is 1. The SMILES string of the molecule is Cc1ccc(N2C(SCc3cccc(Cl)c3)=N[C@H]3CS(=O)(=O)C[C@@H]32)cc1. The molecule has 7 heteroatoms. The van der Waals surface area contributed by atoms with Gasteiger partial charge in [0.1, 0.15) is 0 Å². The monoisotopic (exact) mass is 406 g/mol. The third kappa shape index (κ3) is 3.63. The van der Waals surface area contributed by atoms with Crippen molar-refractivity contribution in [3.8, 4) is 0 Å². The number of anilines is 1. The Morgan fingerprint density at radius 1 is 1.19 bits per heavy atom. The van der Waals surface area contributed by atoms with E-state index in [4.69, 9.17) is 16.6 Å². The standard InChI is InChI=1S/C19H19ClN2O2S2/c1-13-5-7-16(8-6-13)22-18-12-26(23,24)11-17(18)21-19(22)25-10-14-3-2-4-15(20)9-14/h2-9,17-18H,10-12H2,1H3/t17-,18-/m0/s1. The molecule has 2 heterocycles. The lowest BCUT2D eigenvalue weighted by Gasteiger charge is -2.26. The van der Waals surface area contributed by atoms with Crippen LogP contribution in [0.4, 0.5) is 5.69 Å². The zero-order valence-electron chi connectivity index (χ0n) is 14.3. The molecule has 0 amide bonds. The fraction of sp³-hybridized carbons (Fsp3) is 0.316. The maximum absolute atomic E-state index is 12.1. The van der Waals surface area contributed by atoms with Crippen molar-refractivity contribution in [1.82, 2.24) is 0 Å². The van der Waals surface area contributed by atoms with E-state index in [1.165, 1.54) is 5.56 Å². The molecule has 2 aromatic carbocycles. The van der Waals surface area contributed by atoms with Crippen LogP contribution in [0.1, 0.15) is 11.1 Å². The second-order valence-electron chi connectivity index (χ2n) is 6.75. The number of fused-ring (bicyclic) bond motifs is 1. The Kier molecular flexibility index (Phi) is 4.75. The fourth-order valence-corrected chi connectivity index (χ4v) is 6.54. The molecule has 1 fully saturated rings. The number of benzene rings is 2. The summed E-state index contributed by atoms with van der Waals surface area (Å²) in [6.45, 7) is 2.04. The number of nitrogens with zero attached hydrogens (tertiary/aromatic N) is 2. The highest BCUT2D eigenvalue weighted by molar-refractivity contribution is 8.13. The normalized spacial score (nSPS) is 23.8. The minimum atomic E-state index is -3.03. The zero-order valence-corrected chi connectivity index (χ0v) is 16.7. The first-order valence-corrected chi connectivity index (χ1v) is 11.6. The second-order valence-corrected chi connectivity index (χ2v) is 10.3. The van der Waals surface area contributed by atoms with Crippen LogP contribution in [0.15, 0.2) is 53.5 Å². The summed E-state index contributed by atoms with van der Waals surface area (Å²) in [6, 6.07) is 15.7. The van der Waals surface area contributed by atoms with Gasteiger partial charge in [-0.1, -0.05) is 53.2 Å². The molecule has 2 aromatic rings. The van der Waals surface area contributed by atoms with E-state index in [0.29, 0.717) is 0 Å². The van der Waals surface area contributed by atoms with Gasteiger partial charge in [0, 0.05) is 16.5 Å². The minimum Gasteiger partial charge on any atom is -0.315 e. The van der Waals surface area contributed by atoms with Gasteiger partial charge in [-0.05, 0) is 36.8 Å². The number of rotatable bonds is 3. The van der Waals surface area contributed by atoms with Gasteiger partial charge in [0.2, 0.25) is 0 Å². The molecule has 2 atom stereocenters. The molecule has 0 unspecified atom stereocenters. The summed E-state index contributed by atoms with van der Waals surface area (Å²) < 4.78 is 24.2. The molecule has 4 rings (SSSR count). The van der Waals surface area contributed by atoms with E-state index >= 15 is 0 Å². The lowest BCUT2D eigenvalue weighted by Crippen LogP contribution is -2.39. The fourth-order valence-electron chi connectivity index (χ4n) is 3.42. The highest BCUT2D eigenvalue weighted by Crippen LogP contribution is 2.36. The quantitative estimate of drug-likeness (QED) is 0.775. The number of thioether (sulfide) groups is 1. The average Bonchev–Trinajstić information content (AvgIpc) is 3.05. The predicted molar refractivity (Wildman–Crippen MR) is 110 cm³/mol. The van der Waals surface area contributed by atoms with E-state index in [-0.39, 0.29) is 23.6 Å². The van der Waals surface area contributed by atoms with Gasteiger partial charge < -0.3 is 4.90 Å². The van der Waals surface area contributed by atoms with Crippen molar-refractivity contribution in [3.05, 3.63) is 64.7 Å². The van der Waals surface area contributed by atoms with E-state index in [9.17, 15) is 8.42 Å². The molecule has 136 valence electrons. The van der Waals surface area contributed by atoms with Crippen LogP contribution < -0.4 is 4.90 Å². The Hall–Kier alpha value is -1.50. The Morgan fingerprint density at radius 3 is 2.69 bits per heavy atom. The molecule has 0 radical (unpaired) electrons. The summed E-state index contributed by atoms with van der Waals surface area (Å²) in [5, 5.41) is 1.61. The van der Waals surface area contributed by atoms with Crippen LogP contribution in [-0.4, -0.2) is 37.2 Å². The number of sulfone groups is 1. The minimum absolute atomic E-state index is 0.107. The molecule has 4 nitrogen and oxygen atoms in total. The molecular weight excluding hydrogens is 388 g/mol. The summed E-state index contributed by atoms with van der Waals surface area (Å²) in [5.74, 6) is 1.05. The van der Waals surface area contributed by atoms with Gasteiger partial charge in [0.15, 0.2) is 15.0 Å². The topological polar surface area (TPSA) is 49.7 Å². The highest BCUT2D eigenvalue weighted by Gasteiger charge is 2.47. The Labute approximate surface area is 163 Å². The second kappa shape index (κ2) is 6.91. The Morgan fingerprint density at radius 2 is 1.96 bits per heavy atom. The van der Waals surface area contributed by atoms with Gasteiger partial charge in [0.05, 0.1) is 23.6 Å². The molecule has 0 bridgehead atoms. The molecule has 2 aliphatic rings. The average molecular weight is 407 g/mol. The highest BCUT2D eigenvalue weighted by atomic mass is 35.5. The Bertz CT molecular complexity index is 958. The number of hydrogen-bond donors (Lipinski definition) is 0. The van der Waals surface area contributed by atoms with Crippen molar-refractivity contribution in [3.63, 3.8) is 0 Å². The lowest BCUT2D eigenvalue weighted by molar-refractivity contribution is 0.601. The number of halogens is 1. The van der Waals surface area contributed by atoms with Gasteiger partial charge in [-0.2, -0.15) is 0 Å². The van der Waals surface area contributed by atoms with Crippen molar-refractivity contribution in [1.29, 1.82) is 0 Å². The van der Waals surface area contributed by atoms with Crippen LogP contribution in [0, 0.1) is 6.92 Å². The number of hydrogen-bond acceptors (Lipinski definition) is 5. The van der Waals surface area contributed by atoms with Gasteiger partial charge in [-0.3, -0.25) is 4.99 Å². The predicted octanol–water partition coefficient (Wildman–Crippen LogP) is 3.92. The first-order valence-electron chi connectivity index (χ1n) is 8.43. The molecule has 0 N–H and O–H groups in total. The number of amidine groups is 1. The van der Waals surface area contributed by atoms with Crippen molar-refractivity contribution in [2.45, 2.75) is 24.8 Å². The van der Waals surface area contributed by atoms with E-state index in [2.05, 4.69) is 4.90 Å². The largest absolute Gasteiger partial charge is 0.315 e. The van der Waals surface area contributed by atoms with E-state index in [1.54, 1.807) is 11.8 Å². The van der Waals surface area contributed by atoms with Gasteiger partial charge >= 0.3 is 0 Å². The third-order valence-corrected chi connectivity index (χ3v) is 7.65. The van der Waals surface area contributed by atoms with Crippen LogP contribution >= 0.6 is 23.4 Å². The lowest BCUT2D eigenvalue weighted by atomic mass is 10.1. The summed E-state index contributed by atoms with van der Waals surface area (Å²) >= 11 is 7.70. The van der Waals surface area contributed by atoms with Crippen LogP contribution in [0.3, 0.4) is 0 Å². The maximum atomic E-state index is 12.1. The molecular formula is C19H19ClN2O2S2. The van der Waals surface area contributed by atoms with Crippen molar-refractivity contribution >= 4 is 44.1 Å². The summed E-state index contributed by atoms with van der Waals surface area (Å²) in [5.41, 5.74) is 3.30. The summed E-state index contributed by atoms with van der Waals surface area (Å²) in [7, 11) is -3.03. The van der Waals surface area contributed by atoms with E-state index in [1.807, 2.05) is 55.5 Å². The van der Waals surface area contributed by atoms with Crippen molar-refractivity contribution in [2.24, 2.45) is 4.99 Å². The first kappa shape index (κ1) is 17.9.